The molecule has 0 aliphatic carbocycles. The average molecular weight is 258 g/mol. The first-order chi connectivity index (χ1) is 4.30. The normalized spacial score (nSPS) is 21.8. The zero-order chi connectivity index (χ0) is 6.69. The van der Waals surface area contributed by atoms with Gasteiger partial charge in [-0.1, -0.05) is 0 Å². The minimum absolute atomic E-state index is 0. The molecule has 0 aromatic rings. The predicted molar refractivity (Wildman–Crippen MR) is 34.8 cm³/mol. The van der Waals surface area contributed by atoms with E-state index in [1.807, 2.05) is 0 Å². The van der Waals surface area contributed by atoms with Crippen LogP contribution in [0.5, 0.6) is 0 Å². The summed E-state index contributed by atoms with van der Waals surface area (Å²) in [5.41, 5.74) is 5.47. The van der Waals surface area contributed by atoms with Crippen molar-refractivity contribution >= 4 is 5.91 Å². The third kappa shape index (κ3) is 6.07. The van der Waals surface area contributed by atoms with Crippen LogP contribution < -0.4 is 35.9 Å². The van der Waals surface area contributed by atoms with Gasteiger partial charge in [0.15, 0.2) is 0 Å². The van der Waals surface area contributed by atoms with E-state index in [4.69, 9.17) is 5.73 Å². The molecule has 76 valence electrons. The molecule has 1 amide bonds. The van der Waals surface area contributed by atoms with Crippen molar-refractivity contribution in [1.82, 2.24) is 5.32 Å². The fourth-order valence-corrected chi connectivity index (χ4v) is 0.963. The molecule has 1 unspecified atom stereocenters. The van der Waals surface area contributed by atoms with Gasteiger partial charge in [0, 0.05) is 6.54 Å². The summed E-state index contributed by atoms with van der Waals surface area (Å²) in [4.78, 5) is 10.8. The smallest absolute Gasteiger partial charge is 1.00 e. The summed E-state index contributed by atoms with van der Waals surface area (Å²) in [5.74, 6) is 0.00694. The van der Waals surface area contributed by atoms with Gasteiger partial charge < -0.3 is 35.9 Å². The number of rotatable bonds is 0. The maximum absolute atomic E-state index is 10.8. The van der Waals surface area contributed by atoms with E-state index in [9.17, 15) is 4.79 Å². The Bertz CT molecular complexity index is 126. The van der Waals surface area contributed by atoms with Gasteiger partial charge in [0.2, 0.25) is 5.91 Å². The van der Waals surface area contributed by atoms with Gasteiger partial charge in [-0.15, -0.1) is 0 Å². The van der Waals surface area contributed by atoms with Crippen molar-refractivity contribution in [1.29, 1.82) is 0 Å². The van der Waals surface area contributed by atoms with Crippen molar-refractivity contribution in [2.45, 2.75) is 25.3 Å². The molecule has 0 bridgehead atoms. The number of carbonyl (C=O) groups excluding carboxylic acids is 1. The van der Waals surface area contributed by atoms with Crippen LogP contribution in [-0.2, 0) is 21.3 Å². The second kappa shape index (κ2) is 9.59. The van der Waals surface area contributed by atoms with Crippen LogP contribution in [0.4, 0.5) is 0 Å². The molecule has 1 atom stereocenters. The first-order valence-electron chi connectivity index (χ1n) is 3.34. The van der Waals surface area contributed by atoms with Crippen molar-refractivity contribution in [3.63, 3.8) is 0 Å². The van der Waals surface area contributed by atoms with Crippen LogP contribution >= 0.6 is 0 Å². The zero-order valence-electron chi connectivity index (χ0n) is 6.46. The predicted octanol–water partition coefficient (Wildman–Crippen LogP) is -6.38. The fourth-order valence-electron chi connectivity index (χ4n) is 0.963. The molecule has 12 heavy (non-hydrogen) atoms. The van der Waals surface area contributed by atoms with Gasteiger partial charge in [-0.3, -0.25) is 4.79 Å². The summed E-state index contributed by atoms with van der Waals surface area (Å²) in [5, 5.41) is 2.73. The molecule has 0 spiro atoms. The average Bonchev–Trinajstić information content (AvgIpc) is 1.99. The van der Waals surface area contributed by atoms with E-state index in [-0.39, 0.29) is 53.3 Å². The number of nitrogens with two attached hydrogens (primary N) is 1. The van der Waals surface area contributed by atoms with Crippen LogP contribution in [0.2, 0.25) is 0 Å². The molecule has 3 N–H and O–H groups in total. The van der Waals surface area contributed by atoms with Crippen molar-refractivity contribution in [2.24, 2.45) is 5.73 Å². The Balaban J connectivity index is -0.000000270. The summed E-state index contributed by atoms with van der Waals surface area (Å²) in [6.07, 6.45) is 2.98. The quantitative estimate of drug-likeness (QED) is 0.424. The van der Waals surface area contributed by atoms with Crippen LogP contribution in [0.15, 0.2) is 0 Å². The molecule has 1 aliphatic heterocycles. The molecule has 1 heterocycles. The number of carbonyl (C=O) groups is 1. The van der Waals surface area contributed by atoms with Gasteiger partial charge in [-0.2, -0.15) is 0 Å². The summed E-state index contributed by atoms with van der Waals surface area (Å²) in [7, 11) is 0. The number of amides is 1. The van der Waals surface area contributed by atoms with Crippen molar-refractivity contribution in [3.8, 4) is 0 Å². The monoisotopic (exact) mass is 256 g/mol. The summed E-state index contributed by atoms with van der Waals surface area (Å²) in [6, 6.07) is -0.257. The van der Waals surface area contributed by atoms with Gasteiger partial charge in [0.05, 0.1) is 6.04 Å². The van der Waals surface area contributed by atoms with E-state index in [1.165, 1.54) is 0 Å². The maximum Gasteiger partial charge on any atom is 2.00 e. The fraction of sp³-hybridized carbons (Fsp3) is 0.833. The first kappa shape index (κ1) is 18.3. The number of nitrogens with one attached hydrogen (secondary N) is 1. The Labute approximate surface area is 95.0 Å². The summed E-state index contributed by atoms with van der Waals surface area (Å²) in [6.45, 7) is 0.798. The number of halogens is 2. The van der Waals surface area contributed by atoms with Gasteiger partial charge >= 0.3 is 16.5 Å². The standard InChI is InChI=1S/C6H12N2O.2ClH.Ni/c7-5-3-1-2-4-8-6(5)9;;;/h5H,1-4,7H2,(H,8,9);2*1H;/q;;;+2/p-2. The van der Waals surface area contributed by atoms with Gasteiger partial charge in [0.25, 0.3) is 0 Å². The molecular weight excluding hydrogens is 246 g/mol. The molecule has 3 nitrogen and oxygen atoms in total. The van der Waals surface area contributed by atoms with Crippen molar-refractivity contribution in [3.05, 3.63) is 0 Å². The van der Waals surface area contributed by atoms with Gasteiger partial charge in [-0.05, 0) is 19.3 Å². The molecule has 0 aromatic carbocycles. The third-order valence-electron chi connectivity index (χ3n) is 1.58. The molecule has 0 saturated carbocycles. The van der Waals surface area contributed by atoms with E-state index in [1.54, 1.807) is 0 Å². The SMILES string of the molecule is NC1CCCCNC1=O.[Cl-].[Cl-].[Ni+2]. The molecule has 0 aromatic heterocycles. The van der Waals surface area contributed by atoms with Gasteiger partial charge in [-0.25, -0.2) is 0 Å². The summed E-state index contributed by atoms with van der Waals surface area (Å²) >= 11 is 0. The second-order valence-corrected chi connectivity index (χ2v) is 2.39. The van der Waals surface area contributed by atoms with Crippen LogP contribution in [0.3, 0.4) is 0 Å². The largest absolute Gasteiger partial charge is 2.00 e. The Kier molecular flexibility index (Phi) is 14.6. The molecule has 1 aliphatic rings. The Hall–Kier alpha value is 0.504. The van der Waals surface area contributed by atoms with E-state index in [0.29, 0.717) is 0 Å². The molecule has 0 radical (unpaired) electrons. The topological polar surface area (TPSA) is 55.1 Å². The molecule has 1 saturated heterocycles. The summed E-state index contributed by atoms with van der Waals surface area (Å²) < 4.78 is 0. The minimum Gasteiger partial charge on any atom is -1.00 e. The first-order valence-corrected chi connectivity index (χ1v) is 3.34. The Morgan fingerprint density at radius 2 is 1.92 bits per heavy atom. The molecule has 1 fully saturated rings. The Morgan fingerprint density at radius 1 is 1.33 bits per heavy atom. The van der Waals surface area contributed by atoms with E-state index < -0.39 is 0 Å². The second-order valence-electron chi connectivity index (χ2n) is 2.39. The molecular formula is C6H12Cl2N2NiO. The van der Waals surface area contributed by atoms with Crippen molar-refractivity contribution in [2.75, 3.05) is 6.54 Å². The third-order valence-corrected chi connectivity index (χ3v) is 1.58. The van der Waals surface area contributed by atoms with Crippen LogP contribution in [0.1, 0.15) is 19.3 Å². The van der Waals surface area contributed by atoms with E-state index >= 15 is 0 Å². The molecule has 1 rings (SSSR count). The number of hydrogen-bond donors (Lipinski definition) is 2. The van der Waals surface area contributed by atoms with Gasteiger partial charge in [0.1, 0.15) is 0 Å². The Morgan fingerprint density at radius 3 is 2.50 bits per heavy atom. The minimum atomic E-state index is -0.257. The van der Waals surface area contributed by atoms with Crippen molar-refractivity contribution < 1.29 is 46.1 Å². The van der Waals surface area contributed by atoms with Crippen LogP contribution in [-0.4, -0.2) is 18.5 Å². The maximum atomic E-state index is 10.8. The van der Waals surface area contributed by atoms with E-state index in [0.717, 1.165) is 25.8 Å². The van der Waals surface area contributed by atoms with Crippen LogP contribution in [0.25, 0.3) is 0 Å². The molecule has 6 heteroatoms. The number of hydrogen-bond acceptors (Lipinski definition) is 2. The van der Waals surface area contributed by atoms with E-state index in [2.05, 4.69) is 5.32 Å². The zero-order valence-corrected chi connectivity index (χ0v) is 8.96. The van der Waals surface area contributed by atoms with Crippen LogP contribution in [0, 0.1) is 0 Å².